The van der Waals surface area contributed by atoms with Gasteiger partial charge in [-0.2, -0.15) is 4.98 Å². The van der Waals surface area contributed by atoms with E-state index < -0.39 is 0 Å². The summed E-state index contributed by atoms with van der Waals surface area (Å²) < 4.78 is 0. The van der Waals surface area contributed by atoms with Crippen LogP contribution >= 0.6 is 23.8 Å². The summed E-state index contributed by atoms with van der Waals surface area (Å²) in [6.45, 7) is 7.21. The molecule has 0 bridgehead atoms. The molecule has 7 heteroatoms. The fourth-order valence-corrected chi connectivity index (χ4v) is 2.62. The minimum Gasteiger partial charge on any atom is -0.362 e. The zero-order valence-electron chi connectivity index (χ0n) is 12.5. The first-order valence-electron chi connectivity index (χ1n) is 7.43. The van der Waals surface area contributed by atoms with E-state index in [0.29, 0.717) is 16.2 Å². The summed E-state index contributed by atoms with van der Waals surface area (Å²) in [5.74, 6) is 2.09. The van der Waals surface area contributed by atoms with E-state index in [1.165, 1.54) is 12.8 Å². The molecule has 116 valence electrons. The van der Waals surface area contributed by atoms with E-state index in [0.717, 1.165) is 37.8 Å². The fourth-order valence-electron chi connectivity index (χ4n) is 2.25. The standard InChI is InChI=1S/C14H22ClN5S/c1-3-6-16-14(21)19-13-17-11(15)9-12(18-13)20-7-4-10(2)5-8-20/h9-10H,3-8H2,1-2H3,(H2,16,17,18,19,21). The van der Waals surface area contributed by atoms with Gasteiger partial charge < -0.3 is 15.5 Å². The van der Waals surface area contributed by atoms with Crippen molar-refractivity contribution in [2.24, 2.45) is 5.92 Å². The molecule has 0 aliphatic carbocycles. The molecule has 0 unspecified atom stereocenters. The third kappa shape index (κ3) is 4.97. The van der Waals surface area contributed by atoms with Crippen molar-refractivity contribution in [3.63, 3.8) is 0 Å². The third-order valence-electron chi connectivity index (χ3n) is 3.55. The highest BCUT2D eigenvalue weighted by Gasteiger charge is 2.18. The van der Waals surface area contributed by atoms with E-state index >= 15 is 0 Å². The molecular weight excluding hydrogens is 306 g/mol. The summed E-state index contributed by atoms with van der Waals surface area (Å²) in [6, 6.07) is 1.81. The van der Waals surface area contributed by atoms with E-state index in [2.05, 4.69) is 39.3 Å². The Morgan fingerprint density at radius 1 is 1.43 bits per heavy atom. The molecule has 21 heavy (non-hydrogen) atoms. The SMILES string of the molecule is CCCNC(=S)Nc1nc(Cl)cc(N2CCC(C)CC2)n1. The molecule has 0 radical (unpaired) electrons. The van der Waals surface area contributed by atoms with Crippen LogP contribution in [0.1, 0.15) is 33.1 Å². The molecule has 0 atom stereocenters. The van der Waals surface area contributed by atoms with Crippen molar-refractivity contribution in [3.8, 4) is 0 Å². The van der Waals surface area contributed by atoms with Gasteiger partial charge in [0.25, 0.3) is 0 Å². The van der Waals surface area contributed by atoms with E-state index in [1.807, 2.05) is 6.07 Å². The van der Waals surface area contributed by atoms with Crippen molar-refractivity contribution >= 4 is 40.7 Å². The number of hydrogen-bond donors (Lipinski definition) is 2. The molecule has 2 heterocycles. The van der Waals surface area contributed by atoms with Gasteiger partial charge in [0.2, 0.25) is 5.95 Å². The summed E-state index contributed by atoms with van der Waals surface area (Å²) in [5, 5.41) is 7.04. The van der Waals surface area contributed by atoms with Gasteiger partial charge in [-0.1, -0.05) is 25.4 Å². The van der Waals surface area contributed by atoms with Crippen LogP contribution < -0.4 is 15.5 Å². The Kier molecular flexibility index (Phi) is 5.99. The van der Waals surface area contributed by atoms with Gasteiger partial charge in [-0.3, -0.25) is 0 Å². The molecule has 1 aliphatic heterocycles. The van der Waals surface area contributed by atoms with Crippen molar-refractivity contribution in [1.82, 2.24) is 15.3 Å². The minimum atomic E-state index is 0.430. The smallest absolute Gasteiger partial charge is 0.232 e. The van der Waals surface area contributed by atoms with Crippen molar-refractivity contribution in [3.05, 3.63) is 11.2 Å². The van der Waals surface area contributed by atoms with Crippen LogP contribution in [0.25, 0.3) is 0 Å². The summed E-state index contributed by atoms with van der Waals surface area (Å²) in [7, 11) is 0. The Bertz CT molecular complexity index is 488. The number of hydrogen-bond acceptors (Lipinski definition) is 4. The molecule has 0 spiro atoms. The monoisotopic (exact) mass is 327 g/mol. The van der Waals surface area contributed by atoms with Crippen LogP contribution in [0.5, 0.6) is 0 Å². The van der Waals surface area contributed by atoms with Crippen LogP contribution in [0.3, 0.4) is 0 Å². The first kappa shape index (κ1) is 16.2. The predicted molar refractivity (Wildman–Crippen MR) is 92.2 cm³/mol. The van der Waals surface area contributed by atoms with Crippen molar-refractivity contribution in [1.29, 1.82) is 0 Å². The highest BCUT2D eigenvalue weighted by molar-refractivity contribution is 7.80. The Morgan fingerprint density at radius 2 is 2.14 bits per heavy atom. The number of piperidine rings is 1. The molecule has 1 saturated heterocycles. The number of anilines is 2. The average Bonchev–Trinajstić information content (AvgIpc) is 2.45. The molecule has 1 aromatic heterocycles. The zero-order chi connectivity index (χ0) is 15.2. The largest absolute Gasteiger partial charge is 0.362 e. The third-order valence-corrected chi connectivity index (χ3v) is 3.99. The molecule has 2 N–H and O–H groups in total. The van der Waals surface area contributed by atoms with Gasteiger partial charge in [0.05, 0.1) is 0 Å². The van der Waals surface area contributed by atoms with E-state index in [1.54, 1.807) is 0 Å². The maximum absolute atomic E-state index is 6.10. The van der Waals surface area contributed by atoms with Gasteiger partial charge in [-0.25, -0.2) is 4.98 Å². The molecule has 2 rings (SSSR count). The summed E-state index contributed by atoms with van der Waals surface area (Å²) in [4.78, 5) is 11.0. The topological polar surface area (TPSA) is 53.1 Å². The number of aromatic nitrogens is 2. The lowest BCUT2D eigenvalue weighted by Crippen LogP contribution is -2.34. The van der Waals surface area contributed by atoms with Crippen LogP contribution in [0.15, 0.2) is 6.07 Å². The van der Waals surface area contributed by atoms with Crippen LogP contribution in [0, 0.1) is 5.92 Å². The van der Waals surface area contributed by atoms with E-state index in [9.17, 15) is 0 Å². The second kappa shape index (κ2) is 7.75. The van der Waals surface area contributed by atoms with Crippen LogP contribution in [0.4, 0.5) is 11.8 Å². The van der Waals surface area contributed by atoms with Crippen molar-refractivity contribution < 1.29 is 0 Å². The number of halogens is 1. The first-order chi connectivity index (χ1) is 10.1. The molecule has 0 saturated carbocycles. The molecule has 1 aromatic rings. The zero-order valence-corrected chi connectivity index (χ0v) is 14.1. The average molecular weight is 328 g/mol. The van der Waals surface area contributed by atoms with Crippen LogP contribution in [-0.2, 0) is 0 Å². The predicted octanol–water partition coefficient (Wildman–Crippen LogP) is 3.06. The van der Waals surface area contributed by atoms with Gasteiger partial charge in [-0.15, -0.1) is 0 Å². The quantitative estimate of drug-likeness (QED) is 0.655. The maximum atomic E-state index is 6.10. The van der Waals surface area contributed by atoms with Gasteiger partial charge in [-0.05, 0) is 37.4 Å². The number of nitrogens with one attached hydrogen (secondary N) is 2. The van der Waals surface area contributed by atoms with Gasteiger partial charge in [0.1, 0.15) is 11.0 Å². The highest BCUT2D eigenvalue weighted by atomic mass is 35.5. The normalized spacial score (nSPS) is 15.9. The maximum Gasteiger partial charge on any atom is 0.232 e. The number of thiocarbonyl (C=S) groups is 1. The van der Waals surface area contributed by atoms with E-state index in [-0.39, 0.29) is 0 Å². The fraction of sp³-hybridized carbons (Fsp3) is 0.643. The molecule has 1 fully saturated rings. The second-order valence-electron chi connectivity index (χ2n) is 5.42. The number of rotatable bonds is 4. The minimum absolute atomic E-state index is 0.430. The highest BCUT2D eigenvalue weighted by Crippen LogP contribution is 2.24. The van der Waals surface area contributed by atoms with Gasteiger partial charge in [0, 0.05) is 25.7 Å². The molecule has 5 nitrogen and oxygen atoms in total. The molecule has 0 aromatic carbocycles. The Morgan fingerprint density at radius 3 is 2.81 bits per heavy atom. The summed E-state index contributed by atoms with van der Waals surface area (Å²) in [5.41, 5.74) is 0. The first-order valence-corrected chi connectivity index (χ1v) is 8.21. The number of nitrogens with zero attached hydrogens (tertiary/aromatic N) is 3. The van der Waals surface area contributed by atoms with Crippen molar-refractivity contribution in [2.45, 2.75) is 33.1 Å². The Balaban J connectivity index is 2.04. The lowest BCUT2D eigenvalue weighted by atomic mass is 9.99. The Labute approximate surface area is 136 Å². The molecule has 0 amide bonds. The van der Waals surface area contributed by atoms with Crippen molar-refractivity contribution in [2.75, 3.05) is 29.9 Å². The van der Waals surface area contributed by atoms with E-state index in [4.69, 9.17) is 23.8 Å². The summed E-state index contributed by atoms with van der Waals surface area (Å²) >= 11 is 11.3. The second-order valence-corrected chi connectivity index (χ2v) is 6.22. The lowest BCUT2D eigenvalue weighted by molar-refractivity contribution is 0.436. The molecular formula is C14H22ClN5S. The summed E-state index contributed by atoms with van der Waals surface area (Å²) in [6.07, 6.45) is 3.37. The Hall–Kier alpha value is -1.14. The lowest BCUT2D eigenvalue weighted by Gasteiger charge is -2.31. The van der Waals surface area contributed by atoms with Gasteiger partial charge in [0.15, 0.2) is 5.11 Å². The van der Waals surface area contributed by atoms with Gasteiger partial charge >= 0.3 is 0 Å². The van der Waals surface area contributed by atoms with Crippen LogP contribution in [0.2, 0.25) is 5.15 Å². The van der Waals surface area contributed by atoms with Crippen LogP contribution in [-0.4, -0.2) is 34.7 Å². The molecule has 1 aliphatic rings.